The summed E-state index contributed by atoms with van der Waals surface area (Å²) >= 11 is 0. The van der Waals surface area contributed by atoms with Crippen LogP contribution in [0.25, 0.3) is 0 Å². The van der Waals surface area contributed by atoms with Crippen LogP contribution in [0.4, 0.5) is 21.0 Å². The Bertz CT molecular complexity index is 2420. The molecule has 5 rings (SSSR count). The number of nitrogens with zero attached hydrogens (tertiary/aromatic N) is 1. The molecule has 28 heteroatoms. The van der Waals surface area contributed by atoms with Crippen LogP contribution in [0, 0.1) is 0 Å². The zero-order chi connectivity index (χ0) is 43.0. The van der Waals surface area contributed by atoms with Crippen molar-refractivity contribution in [1.82, 2.24) is 9.55 Å². The van der Waals surface area contributed by atoms with E-state index in [4.69, 9.17) is 24.5 Å². The van der Waals surface area contributed by atoms with Gasteiger partial charge in [-0.05, 0) is 54.9 Å². The normalized spacial score (nSPS) is 21.8. The molecule has 3 aromatic carbocycles. The van der Waals surface area contributed by atoms with E-state index >= 15 is 0 Å². The van der Waals surface area contributed by atoms with E-state index in [0.29, 0.717) is 16.6 Å². The summed E-state index contributed by atoms with van der Waals surface area (Å²) in [5.41, 5.74) is 4.57. The van der Waals surface area contributed by atoms with Gasteiger partial charge in [0.1, 0.15) is 6.10 Å². The van der Waals surface area contributed by atoms with Gasteiger partial charge in [-0.3, -0.25) is 34.1 Å². The summed E-state index contributed by atoms with van der Waals surface area (Å²) in [6, 6.07) is 21.2. The van der Waals surface area contributed by atoms with Crippen LogP contribution >= 0.6 is 31.1 Å². The minimum Gasteiger partial charge on any atom is -0.439 e. The highest BCUT2D eigenvalue weighted by atomic mass is 31.3. The third-order valence-electron chi connectivity index (χ3n) is 7.66. The molecule has 0 bridgehead atoms. The molecule has 1 saturated heterocycles. The molecule has 1 aliphatic rings. The number of aromatic amines is 1. The molecule has 0 aliphatic carbocycles. The summed E-state index contributed by atoms with van der Waals surface area (Å²) in [7, 11) is -23.5. The van der Waals surface area contributed by atoms with Crippen molar-refractivity contribution in [2.75, 3.05) is 23.8 Å². The largest absolute Gasteiger partial charge is 0.490 e. The molecule has 5 unspecified atom stereocenters. The van der Waals surface area contributed by atoms with Crippen molar-refractivity contribution in [3.8, 4) is 0 Å². The number of anilines is 2. The summed E-state index contributed by atoms with van der Waals surface area (Å²) in [5, 5.41) is 4.25. The van der Waals surface area contributed by atoms with Gasteiger partial charge in [0.15, 0.2) is 18.4 Å². The van der Waals surface area contributed by atoms with E-state index in [1.807, 2.05) is 4.98 Å². The van der Waals surface area contributed by atoms with Gasteiger partial charge >= 0.3 is 48.9 Å². The maximum absolute atomic E-state index is 13.1. The number of benzene rings is 3. The Kier molecular flexibility index (Phi) is 14.8. The smallest absolute Gasteiger partial charge is 0.439 e. The zero-order valence-electron chi connectivity index (χ0n) is 29.9. The van der Waals surface area contributed by atoms with Gasteiger partial charge < -0.3 is 39.5 Å². The van der Waals surface area contributed by atoms with Crippen LogP contribution in [0.1, 0.15) is 11.8 Å². The zero-order valence-corrected chi connectivity index (χ0v) is 33.5. The maximum Gasteiger partial charge on any atom is 0.490 e. The summed E-state index contributed by atoms with van der Waals surface area (Å²) < 4.78 is 85.5. The number of nitrogens with one attached hydrogen (secondary N) is 3. The average molecular weight is 906 g/mol. The van der Waals surface area contributed by atoms with Gasteiger partial charge in [0, 0.05) is 23.6 Å². The third-order valence-corrected chi connectivity index (χ3v) is 14.1. The summed E-state index contributed by atoms with van der Waals surface area (Å²) in [4.78, 5) is 93.7. The summed E-state index contributed by atoms with van der Waals surface area (Å²) in [6.07, 6.45) is -8.40. The van der Waals surface area contributed by atoms with Crippen molar-refractivity contribution in [2.45, 2.75) is 31.0 Å². The van der Waals surface area contributed by atoms with Crippen LogP contribution in [-0.4, -0.2) is 72.8 Å². The lowest BCUT2D eigenvalue weighted by atomic mass is 10.1. The molecule has 8 atom stereocenters. The summed E-state index contributed by atoms with van der Waals surface area (Å²) in [6.45, 7) is -1.02. The van der Waals surface area contributed by atoms with E-state index < -0.39 is 91.0 Å². The predicted octanol–water partition coefficient (Wildman–Crippen LogP) is 3.05. The second-order valence-corrected chi connectivity index (χ2v) is 18.6. The van der Waals surface area contributed by atoms with Crippen molar-refractivity contribution in [3.63, 3.8) is 0 Å². The highest BCUT2D eigenvalue weighted by Crippen LogP contribution is 2.71. The van der Waals surface area contributed by atoms with Crippen LogP contribution in [0.2, 0.25) is 0 Å². The molecule has 1 aromatic heterocycles. The number of amides is 2. The van der Waals surface area contributed by atoms with E-state index in [1.165, 1.54) is 36.4 Å². The number of para-hydroxylation sites is 2. The van der Waals surface area contributed by atoms with Crippen LogP contribution in [0.3, 0.4) is 0 Å². The number of nitrogens with two attached hydrogens (primary N) is 1. The second kappa shape index (κ2) is 19.2. The lowest BCUT2D eigenvalue weighted by Crippen LogP contribution is -2.44. The molecule has 2 heterocycles. The molecule has 4 aromatic rings. The molecule has 59 heavy (non-hydrogen) atoms. The van der Waals surface area contributed by atoms with E-state index in [0.717, 1.165) is 24.4 Å². The van der Waals surface area contributed by atoms with E-state index in [2.05, 4.69) is 23.6 Å². The van der Waals surface area contributed by atoms with Gasteiger partial charge in [0.25, 0.3) is 5.56 Å². The third kappa shape index (κ3) is 13.2. The van der Waals surface area contributed by atoms with Crippen molar-refractivity contribution in [2.24, 2.45) is 5.73 Å². The van der Waals surface area contributed by atoms with E-state index in [1.54, 1.807) is 36.4 Å². The standard InChI is InChI=1S/C31H35N5O19P4/c32-17-15-20-11-13-23(14-12-20)56(41,42)53-58(45,46)55-59(47,48)54-57(43,44)49-19-24-26(51-30(39)33-21-7-3-1-4-8-21)27(52-31(40)34-22-9-5-2-6-10-22)28(50-24)36-18-16-25(37)35-29(36)38/h1-14,16,18,24,26-28H,15,17,19,32H2,(H,33,39)(H,34,40)(H,41,42)(H,43,44)(H,45,46)(H,47,48)(H,35,37,38)/t24-,26-,27?,28-/m1/s1. The summed E-state index contributed by atoms with van der Waals surface area (Å²) in [5.74, 6) is 0. The minimum atomic E-state index is -6.22. The monoisotopic (exact) mass is 905 g/mol. The fraction of sp³-hybridized carbons (Fsp3) is 0.226. The first kappa shape index (κ1) is 45.5. The van der Waals surface area contributed by atoms with Gasteiger partial charge in [-0.2, -0.15) is 8.62 Å². The average Bonchev–Trinajstić information content (AvgIpc) is 3.45. The fourth-order valence-corrected chi connectivity index (χ4v) is 10.6. The van der Waals surface area contributed by atoms with E-state index in [9.17, 15) is 57.0 Å². The van der Waals surface area contributed by atoms with Crippen LogP contribution in [0.5, 0.6) is 0 Å². The van der Waals surface area contributed by atoms with Crippen LogP contribution in [0.15, 0.2) is 107 Å². The number of hydrogen-bond acceptors (Lipinski definition) is 16. The van der Waals surface area contributed by atoms with Crippen molar-refractivity contribution in [3.05, 3.63) is 124 Å². The lowest BCUT2D eigenvalue weighted by molar-refractivity contribution is -0.0553. The quantitative estimate of drug-likeness (QED) is 0.0706. The van der Waals surface area contributed by atoms with Crippen molar-refractivity contribution >= 4 is 59.9 Å². The Balaban J connectivity index is 1.36. The second-order valence-electron chi connectivity index (χ2n) is 12.0. The number of phosphoric ester groups is 1. The number of hydrogen-bond donors (Lipinski definition) is 8. The molecular formula is C31H35N5O19P4. The Morgan fingerprint density at radius 1 is 0.729 bits per heavy atom. The number of ether oxygens (including phenoxy) is 3. The molecule has 1 fully saturated rings. The molecule has 318 valence electrons. The highest BCUT2D eigenvalue weighted by molar-refractivity contribution is 7.73. The number of aromatic nitrogens is 2. The van der Waals surface area contributed by atoms with Crippen molar-refractivity contribution < 1.29 is 79.1 Å². The fourth-order valence-electron chi connectivity index (χ4n) is 5.23. The van der Waals surface area contributed by atoms with Crippen LogP contribution in [-0.2, 0) is 56.3 Å². The van der Waals surface area contributed by atoms with Gasteiger partial charge in [-0.1, -0.05) is 48.5 Å². The molecule has 0 spiro atoms. The SMILES string of the molecule is NCCc1ccc(P(=O)(O)OP(=O)(O)OP(=O)(O)OP(=O)(O)OC[C@H]2O[C@@H](n3ccc(=O)[nH]c3=O)C(OC(=O)Nc3ccccc3)[C@@H]2OC(=O)Nc2ccccc2)cc1. The maximum atomic E-state index is 13.1. The molecule has 1 aliphatic heterocycles. The van der Waals surface area contributed by atoms with E-state index in [-0.39, 0.29) is 17.9 Å². The van der Waals surface area contributed by atoms with Gasteiger partial charge in [-0.15, -0.1) is 0 Å². The Morgan fingerprint density at radius 3 is 1.80 bits per heavy atom. The van der Waals surface area contributed by atoms with Gasteiger partial charge in [-0.25, -0.2) is 32.4 Å². The van der Waals surface area contributed by atoms with Crippen molar-refractivity contribution in [1.29, 1.82) is 0 Å². The first-order valence-electron chi connectivity index (χ1n) is 16.7. The Hall–Kier alpha value is -4.60. The number of carbonyl (C=O) groups is 2. The number of rotatable bonds is 17. The molecule has 0 saturated carbocycles. The minimum absolute atomic E-state index is 0.215. The topological polar surface area (TPSA) is 353 Å². The van der Waals surface area contributed by atoms with Crippen LogP contribution < -0.4 is 32.9 Å². The predicted molar refractivity (Wildman–Crippen MR) is 203 cm³/mol. The highest BCUT2D eigenvalue weighted by Gasteiger charge is 2.53. The first-order chi connectivity index (χ1) is 27.7. The number of H-pyrrole nitrogens is 1. The molecular weight excluding hydrogens is 870 g/mol. The first-order valence-corrected chi connectivity index (χ1v) is 22.7. The molecule has 0 radical (unpaired) electrons. The Morgan fingerprint density at radius 2 is 1.25 bits per heavy atom. The Labute approximate surface area is 332 Å². The lowest BCUT2D eigenvalue weighted by Gasteiger charge is -2.25. The molecule has 2 amide bonds. The number of phosphoric acid groups is 3. The molecule has 24 nitrogen and oxygen atoms in total. The van der Waals surface area contributed by atoms with Gasteiger partial charge in [0.2, 0.25) is 0 Å². The van der Waals surface area contributed by atoms with Gasteiger partial charge in [0.05, 0.1) is 11.9 Å². The molecule has 9 N–H and O–H groups in total. The number of carbonyl (C=O) groups excluding carboxylic acids is 2.